The zero-order chi connectivity index (χ0) is 7.11. The first-order valence-electron chi connectivity index (χ1n) is 3.09. The van der Waals surface area contributed by atoms with Gasteiger partial charge in [-0.15, -0.1) is 0 Å². The molecule has 0 fully saturated rings. The van der Waals surface area contributed by atoms with Crippen molar-refractivity contribution in [3.8, 4) is 0 Å². The van der Waals surface area contributed by atoms with E-state index in [-0.39, 0.29) is 0 Å². The van der Waals surface area contributed by atoms with Crippen LogP contribution in [0.25, 0.3) is 0 Å². The average Bonchev–Trinajstić information content (AvgIpc) is 1.85. The molecule has 0 rings (SSSR count). The highest BCUT2D eigenvalue weighted by Crippen LogP contribution is 1.95. The van der Waals surface area contributed by atoms with Gasteiger partial charge < -0.3 is 9.47 Å². The molecule has 0 saturated carbocycles. The number of hydrogen-bond acceptors (Lipinski definition) is 2. The van der Waals surface area contributed by atoms with Crippen molar-refractivity contribution in [2.45, 2.75) is 20.3 Å². The van der Waals surface area contributed by atoms with Crippen molar-refractivity contribution in [3.63, 3.8) is 0 Å². The lowest BCUT2D eigenvalue weighted by Gasteiger charge is -2.02. The van der Waals surface area contributed by atoms with Gasteiger partial charge in [0.05, 0.1) is 5.76 Å². The summed E-state index contributed by atoms with van der Waals surface area (Å²) in [4.78, 5) is 0. The van der Waals surface area contributed by atoms with E-state index in [1.54, 1.807) is 7.11 Å². The summed E-state index contributed by atoms with van der Waals surface area (Å²) in [7, 11) is 1.61. The topological polar surface area (TPSA) is 18.5 Å². The molecule has 2 nitrogen and oxygen atoms in total. The van der Waals surface area contributed by atoms with Gasteiger partial charge in [0.1, 0.15) is 0 Å². The molecule has 0 bridgehead atoms. The second-order valence-electron chi connectivity index (χ2n) is 1.77. The highest BCUT2D eigenvalue weighted by molar-refractivity contribution is 4.86. The molecule has 2 heteroatoms. The molecule has 0 aliphatic heterocycles. The Morgan fingerprint density at radius 3 is 2.67 bits per heavy atom. The minimum atomic E-state index is 0.350. The molecular weight excluding hydrogens is 116 g/mol. The molecule has 0 N–H and O–H groups in total. The van der Waals surface area contributed by atoms with Gasteiger partial charge in [-0.25, -0.2) is 0 Å². The Kier molecular flexibility index (Phi) is 5.32. The molecule has 0 spiro atoms. The van der Waals surface area contributed by atoms with Gasteiger partial charge >= 0.3 is 0 Å². The van der Waals surface area contributed by atoms with Crippen molar-refractivity contribution in [2.75, 3.05) is 13.9 Å². The third kappa shape index (κ3) is 5.37. The Labute approximate surface area is 56.5 Å². The molecule has 9 heavy (non-hydrogen) atoms. The van der Waals surface area contributed by atoms with Crippen LogP contribution >= 0.6 is 0 Å². The minimum absolute atomic E-state index is 0.350. The molecule has 0 amide bonds. The van der Waals surface area contributed by atoms with Crippen LogP contribution < -0.4 is 0 Å². The second-order valence-corrected chi connectivity index (χ2v) is 1.77. The highest BCUT2D eigenvalue weighted by Gasteiger charge is 1.84. The van der Waals surface area contributed by atoms with Crippen molar-refractivity contribution < 1.29 is 9.47 Å². The van der Waals surface area contributed by atoms with Crippen molar-refractivity contribution in [1.29, 1.82) is 0 Å². The Bertz CT molecular complexity index is 86.9. The quantitative estimate of drug-likeness (QED) is 0.427. The lowest BCUT2D eigenvalue weighted by atomic mass is 10.4. The summed E-state index contributed by atoms with van der Waals surface area (Å²) in [6.45, 7) is 4.34. The first kappa shape index (κ1) is 8.50. The predicted molar refractivity (Wildman–Crippen MR) is 37.0 cm³/mol. The van der Waals surface area contributed by atoms with E-state index in [1.165, 1.54) is 0 Å². The van der Waals surface area contributed by atoms with Crippen molar-refractivity contribution in [1.82, 2.24) is 0 Å². The van der Waals surface area contributed by atoms with Crippen LogP contribution in [0.3, 0.4) is 0 Å². The van der Waals surface area contributed by atoms with Gasteiger partial charge in [-0.05, 0) is 19.4 Å². The third-order valence-corrected chi connectivity index (χ3v) is 0.896. The van der Waals surface area contributed by atoms with Gasteiger partial charge in [0.15, 0.2) is 6.79 Å². The molecule has 0 saturated heterocycles. The van der Waals surface area contributed by atoms with Crippen LogP contribution in [0.4, 0.5) is 0 Å². The van der Waals surface area contributed by atoms with Crippen LogP contribution in [0.2, 0.25) is 0 Å². The predicted octanol–water partition coefficient (Wildman–Crippen LogP) is 1.92. The number of allylic oxidation sites excluding steroid dienone is 2. The summed E-state index contributed by atoms with van der Waals surface area (Å²) in [6, 6.07) is 0. The van der Waals surface area contributed by atoms with Crippen LogP contribution in [-0.4, -0.2) is 13.9 Å². The fourth-order valence-electron chi connectivity index (χ4n) is 0.498. The van der Waals surface area contributed by atoms with Gasteiger partial charge in [0, 0.05) is 7.11 Å². The molecule has 0 radical (unpaired) electrons. The van der Waals surface area contributed by atoms with E-state index in [2.05, 4.69) is 6.92 Å². The van der Waals surface area contributed by atoms with Gasteiger partial charge in [-0.2, -0.15) is 0 Å². The van der Waals surface area contributed by atoms with E-state index in [1.807, 2.05) is 13.0 Å². The number of methoxy groups -OCH3 is 1. The molecule has 0 heterocycles. The normalized spacial score (nSPS) is 11.7. The van der Waals surface area contributed by atoms with E-state index in [0.717, 1.165) is 12.2 Å². The van der Waals surface area contributed by atoms with E-state index < -0.39 is 0 Å². The molecule has 54 valence electrons. The Morgan fingerprint density at radius 1 is 1.56 bits per heavy atom. The summed E-state index contributed by atoms with van der Waals surface area (Å²) in [6.07, 6.45) is 3.02. The molecule has 0 atom stereocenters. The van der Waals surface area contributed by atoms with Crippen molar-refractivity contribution >= 4 is 0 Å². The zero-order valence-electron chi connectivity index (χ0n) is 6.31. The van der Waals surface area contributed by atoms with Crippen LogP contribution in [-0.2, 0) is 9.47 Å². The van der Waals surface area contributed by atoms with E-state index in [9.17, 15) is 0 Å². The fraction of sp³-hybridized carbons (Fsp3) is 0.714. The smallest absolute Gasteiger partial charge is 0.188 e. The summed E-state index contributed by atoms with van der Waals surface area (Å²) in [5, 5.41) is 0. The standard InChI is InChI=1S/C7H14O2/c1-4-5-7(2)9-6-8-3/h5H,4,6H2,1-3H3/b7-5+. The van der Waals surface area contributed by atoms with Crippen molar-refractivity contribution in [3.05, 3.63) is 11.8 Å². The second kappa shape index (κ2) is 5.63. The largest absolute Gasteiger partial charge is 0.473 e. The molecule has 0 aromatic heterocycles. The summed E-state index contributed by atoms with van der Waals surface area (Å²) >= 11 is 0. The molecule has 0 aliphatic rings. The van der Waals surface area contributed by atoms with E-state index in [0.29, 0.717) is 6.79 Å². The van der Waals surface area contributed by atoms with Gasteiger partial charge in [-0.3, -0.25) is 0 Å². The first-order chi connectivity index (χ1) is 4.31. The summed E-state index contributed by atoms with van der Waals surface area (Å²) in [5.41, 5.74) is 0. The number of rotatable bonds is 4. The van der Waals surface area contributed by atoms with Gasteiger partial charge in [-0.1, -0.05) is 6.92 Å². The van der Waals surface area contributed by atoms with Gasteiger partial charge in [0.2, 0.25) is 0 Å². The first-order valence-corrected chi connectivity index (χ1v) is 3.09. The van der Waals surface area contributed by atoms with Crippen LogP contribution in [0, 0.1) is 0 Å². The number of ether oxygens (including phenoxy) is 2. The van der Waals surface area contributed by atoms with Crippen LogP contribution in [0.1, 0.15) is 20.3 Å². The fourth-order valence-corrected chi connectivity index (χ4v) is 0.498. The van der Waals surface area contributed by atoms with Crippen LogP contribution in [0.15, 0.2) is 11.8 Å². The maximum atomic E-state index is 5.07. The van der Waals surface area contributed by atoms with Crippen molar-refractivity contribution in [2.24, 2.45) is 0 Å². The molecular formula is C7H14O2. The lowest BCUT2D eigenvalue weighted by Crippen LogP contribution is -1.93. The average molecular weight is 130 g/mol. The Hall–Kier alpha value is -0.500. The van der Waals surface area contributed by atoms with E-state index >= 15 is 0 Å². The summed E-state index contributed by atoms with van der Waals surface area (Å²) in [5.74, 6) is 0.930. The summed E-state index contributed by atoms with van der Waals surface area (Å²) < 4.78 is 9.77. The Morgan fingerprint density at radius 2 is 2.22 bits per heavy atom. The van der Waals surface area contributed by atoms with Crippen LogP contribution in [0.5, 0.6) is 0 Å². The number of hydrogen-bond donors (Lipinski definition) is 0. The Balaban J connectivity index is 3.25. The maximum absolute atomic E-state index is 5.07. The molecule has 0 aromatic rings. The molecule has 0 unspecified atom stereocenters. The lowest BCUT2D eigenvalue weighted by molar-refractivity contribution is 0.00590. The monoisotopic (exact) mass is 130 g/mol. The van der Waals surface area contributed by atoms with E-state index in [4.69, 9.17) is 9.47 Å². The molecule has 0 aromatic carbocycles. The van der Waals surface area contributed by atoms with Gasteiger partial charge in [0.25, 0.3) is 0 Å². The SMILES string of the molecule is CC/C=C(\C)OCOC. The molecule has 0 aliphatic carbocycles. The highest BCUT2D eigenvalue weighted by atomic mass is 16.7. The minimum Gasteiger partial charge on any atom is -0.473 e. The maximum Gasteiger partial charge on any atom is 0.188 e. The third-order valence-electron chi connectivity index (χ3n) is 0.896. The zero-order valence-corrected chi connectivity index (χ0v) is 6.31.